The molecule has 1 fully saturated rings. The fraction of sp³-hybridized carbons (Fsp3) is 0.469. The van der Waals surface area contributed by atoms with Crippen LogP contribution in [0.4, 0.5) is 13.2 Å². The molecule has 3 rings (SSSR count). The van der Waals surface area contributed by atoms with E-state index < -0.39 is 77.7 Å². The number of nitrogens with zero attached hydrogens (tertiary/aromatic N) is 2. The second-order valence-electron chi connectivity index (χ2n) is 11.5. The first-order chi connectivity index (χ1) is 21.6. The molecule has 5 atom stereocenters. The van der Waals surface area contributed by atoms with Gasteiger partial charge in [-0.2, -0.15) is 13.2 Å². The fourth-order valence-corrected chi connectivity index (χ4v) is 5.21. The van der Waals surface area contributed by atoms with E-state index in [9.17, 15) is 37.1 Å². The van der Waals surface area contributed by atoms with Crippen molar-refractivity contribution >= 4 is 29.6 Å². The molecule has 1 saturated heterocycles. The lowest BCUT2D eigenvalue weighted by Gasteiger charge is -2.39. The van der Waals surface area contributed by atoms with Crippen molar-refractivity contribution in [2.24, 2.45) is 5.92 Å². The molecule has 0 bridgehead atoms. The lowest BCUT2D eigenvalue weighted by molar-refractivity contribution is -0.279. The lowest BCUT2D eigenvalue weighted by Crippen LogP contribution is -2.61. The van der Waals surface area contributed by atoms with Crippen molar-refractivity contribution < 1.29 is 46.6 Å². The van der Waals surface area contributed by atoms with Gasteiger partial charge in [-0.3, -0.25) is 19.2 Å². The van der Waals surface area contributed by atoms with Gasteiger partial charge in [0, 0.05) is 26.8 Å². The van der Waals surface area contributed by atoms with Crippen LogP contribution < -0.4 is 10.6 Å². The minimum Gasteiger partial charge on any atom is -0.452 e. The number of halogens is 3. The summed E-state index contributed by atoms with van der Waals surface area (Å²) in [5.41, 5.74) is -4.10. The highest BCUT2D eigenvalue weighted by atomic mass is 19.4. The van der Waals surface area contributed by atoms with Crippen LogP contribution in [0.15, 0.2) is 60.7 Å². The highest BCUT2D eigenvalue weighted by molar-refractivity contribution is 5.97. The summed E-state index contributed by atoms with van der Waals surface area (Å²) in [6, 6.07) is 9.62. The Morgan fingerprint density at radius 1 is 0.935 bits per heavy atom. The summed E-state index contributed by atoms with van der Waals surface area (Å²) in [5.74, 6) is -5.05. The molecule has 2 aromatic carbocycles. The summed E-state index contributed by atoms with van der Waals surface area (Å²) in [6.07, 6.45) is -7.02. The Morgan fingerprint density at radius 3 is 2.02 bits per heavy atom. The molecule has 250 valence electrons. The first kappa shape index (κ1) is 36.0. The molecule has 2 aromatic rings. The van der Waals surface area contributed by atoms with Crippen molar-refractivity contribution in [2.45, 2.75) is 63.2 Å². The molecule has 1 aliphatic rings. The topological polar surface area (TPSA) is 134 Å². The highest BCUT2D eigenvalue weighted by Gasteiger charge is 2.64. The van der Waals surface area contributed by atoms with Crippen LogP contribution >= 0.6 is 0 Å². The predicted molar refractivity (Wildman–Crippen MR) is 160 cm³/mol. The largest absolute Gasteiger partial charge is 0.452 e. The zero-order valence-electron chi connectivity index (χ0n) is 26.5. The van der Waals surface area contributed by atoms with E-state index in [0.29, 0.717) is 7.11 Å². The maximum absolute atomic E-state index is 14.8. The van der Waals surface area contributed by atoms with Gasteiger partial charge in [-0.1, -0.05) is 74.5 Å². The van der Waals surface area contributed by atoms with E-state index in [1.807, 2.05) is 0 Å². The van der Waals surface area contributed by atoms with Crippen LogP contribution in [0, 0.1) is 5.92 Å². The molecule has 14 heteroatoms. The van der Waals surface area contributed by atoms with E-state index in [1.165, 1.54) is 63.5 Å². The summed E-state index contributed by atoms with van der Waals surface area (Å²) in [7, 11) is 3.27. The summed E-state index contributed by atoms with van der Waals surface area (Å²) in [4.78, 5) is 69.7. The summed E-state index contributed by atoms with van der Waals surface area (Å²) < 4.78 is 54.9. The minimum atomic E-state index is -5.32. The molecule has 1 aliphatic heterocycles. The van der Waals surface area contributed by atoms with Gasteiger partial charge in [0.25, 0.3) is 5.60 Å². The molecular weight excluding hydrogens is 609 g/mol. The van der Waals surface area contributed by atoms with Gasteiger partial charge in [0.2, 0.25) is 23.6 Å². The molecule has 0 unspecified atom stereocenters. The minimum absolute atomic E-state index is 0.0736. The lowest BCUT2D eigenvalue weighted by atomic mass is 9.92. The number of rotatable bonds is 8. The molecule has 4 amide bonds. The van der Waals surface area contributed by atoms with Crippen molar-refractivity contribution in [3.63, 3.8) is 0 Å². The normalized spacial score (nSPS) is 22.3. The number of alkyl halides is 3. The van der Waals surface area contributed by atoms with Crippen molar-refractivity contribution in [3.8, 4) is 0 Å². The molecule has 2 N–H and O–H groups in total. The molecule has 0 aliphatic carbocycles. The Kier molecular flexibility index (Phi) is 11.6. The second kappa shape index (κ2) is 14.8. The van der Waals surface area contributed by atoms with Gasteiger partial charge in [0.05, 0.1) is 6.54 Å². The molecule has 0 spiro atoms. The maximum Gasteiger partial charge on any atom is 0.432 e. The molecule has 46 heavy (non-hydrogen) atoms. The van der Waals surface area contributed by atoms with Crippen LogP contribution in [0.2, 0.25) is 0 Å². The smallest absolute Gasteiger partial charge is 0.432 e. The highest BCUT2D eigenvalue weighted by Crippen LogP contribution is 2.44. The average Bonchev–Trinajstić information content (AvgIpc) is 3.01. The fourth-order valence-electron chi connectivity index (χ4n) is 5.21. The van der Waals surface area contributed by atoms with E-state index in [-0.39, 0.29) is 17.9 Å². The Hall–Kier alpha value is -4.46. The number of hydrogen-bond donors (Lipinski definition) is 2. The van der Waals surface area contributed by atoms with E-state index >= 15 is 0 Å². The zero-order valence-corrected chi connectivity index (χ0v) is 26.5. The van der Waals surface area contributed by atoms with Crippen molar-refractivity contribution in [1.29, 1.82) is 0 Å². The van der Waals surface area contributed by atoms with E-state index in [2.05, 4.69) is 10.6 Å². The number of carbonyl (C=O) groups excluding carboxylic acids is 5. The van der Waals surface area contributed by atoms with E-state index in [0.717, 1.165) is 21.9 Å². The molecule has 1 heterocycles. The molecule has 0 saturated carbocycles. The van der Waals surface area contributed by atoms with Gasteiger partial charge < -0.3 is 29.9 Å². The average molecular weight is 649 g/mol. The Labute approximate surface area is 265 Å². The number of carbonyl (C=O) groups is 5. The number of methoxy groups -OCH3 is 1. The summed E-state index contributed by atoms with van der Waals surface area (Å²) in [6.45, 7) is 4.45. The van der Waals surface area contributed by atoms with Crippen LogP contribution in [0.1, 0.15) is 44.4 Å². The van der Waals surface area contributed by atoms with Crippen LogP contribution in [-0.2, 0) is 39.0 Å². The van der Waals surface area contributed by atoms with Crippen LogP contribution in [0.25, 0.3) is 0 Å². The van der Waals surface area contributed by atoms with Crippen molar-refractivity contribution in [3.05, 3.63) is 71.8 Å². The first-order valence-electron chi connectivity index (χ1n) is 14.6. The van der Waals surface area contributed by atoms with Crippen molar-refractivity contribution in [2.75, 3.05) is 27.7 Å². The number of likely N-dealkylation sites (N-methyl/N-ethyl adjacent to an activating group) is 2. The molecule has 11 nitrogen and oxygen atoms in total. The van der Waals surface area contributed by atoms with Crippen LogP contribution in [0.5, 0.6) is 0 Å². The third-order valence-electron chi connectivity index (χ3n) is 7.94. The standard InChI is InChI=1S/C32H39F3N4O7/c1-19(2)17-23-29(43)39(5)25(28(42)36-18-24(40)38(4)20(3)27(41)37-23)26(21-13-9-7-10-14-21)46-30(44)31(45-6,32(33,34)35)22-15-11-8-12-16-22/h7-16,19-20,23,25-26H,17-18H2,1-6H3,(H,36,42)(H,37,41)/t20-,23-,25-,26-,31+/m0/s1. The molecule has 0 aromatic heterocycles. The number of hydrogen-bond acceptors (Lipinski definition) is 7. The third kappa shape index (κ3) is 7.49. The van der Waals surface area contributed by atoms with Gasteiger partial charge in [-0.15, -0.1) is 0 Å². The van der Waals surface area contributed by atoms with Gasteiger partial charge in [0.15, 0.2) is 12.1 Å². The van der Waals surface area contributed by atoms with Gasteiger partial charge in [-0.25, -0.2) is 4.79 Å². The van der Waals surface area contributed by atoms with Gasteiger partial charge in [-0.05, 0) is 24.8 Å². The zero-order chi connectivity index (χ0) is 34.4. The Bertz CT molecular complexity index is 1410. The number of nitrogens with one attached hydrogen (secondary N) is 2. The van der Waals surface area contributed by atoms with Gasteiger partial charge in [0.1, 0.15) is 12.1 Å². The third-order valence-corrected chi connectivity index (χ3v) is 7.94. The SMILES string of the molecule is CO[C@@](C(=O)O[C@@H](c1ccccc1)[C@H]1C(=O)NCC(=O)N(C)[C@@H](C)C(=O)N[C@@H](CC(C)C)C(=O)N1C)(c1ccccc1)C(F)(F)F. The molecule has 0 radical (unpaired) electrons. The quantitative estimate of drug-likeness (QED) is 0.421. The first-order valence-corrected chi connectivity index (χ1v) is 14.6. The molecular formula is C32H39F3N4O7. The summed E-state index contributed by atoms with van der Waals surface area (Å²) in [5, 5.41) is 5.05. The number of amides is 4. The van der Waals surface area contributed by atoms with Crippen LogP contribution in [-0.4, -0.2) is 91.4 Å². The Balaban J connectivity index is 2.21. The summed E-state index contributed by atoms with van der Waals surface area (Å²) >= 11 is 0. The second-order valence-corrected chi connectivity index (χ2v) is 11.5. The Morgan fingerprint density at radius 2 is 1.50 bits per heavy atom. The number of ether oxygens (including phenoxy) is 2. The number of esters is 1. The number of benzene rings is 2. The van der Waals surface area contributed by atoms with E-state index in [1.54, 1.807) is 19.9 Å². The van der Waals surface area contributed by atoms with Crippen molar-refractivity contribution in [1.82, 2.24) is 20.4 Å². The maximum atomic E-state index is 14.8. The monoisotopic (exact) mass is 648 g/mol. The van der Waals surface area contributed by atoms with Gasteiger partial charge >= 0.3 is 12.1 Å². The van der Waals surface area contributed by atoms with Crippen LogP contribution in [0.3, 0.4) is 0 Å². The van der Waals surface area contributed by atoms with E-state index in [4.69, 9.17) is 9.47 Å². The predicted octanol–water partition coefficient (Wildman–Crippen LogP) is 2.71.